The lowest BCUT2D eigenvalue weighted by Crippen LogP contribution is -2.06. The Balaban J connectivity index is 1.86. The molecule has 0 bridgehead atoms. The van der Waals surface area contributed by atoms with Gasteiger partial charge in [-0.15, -0.1) is 0 Å². The summed E-state index contributed by atoms with van der Waals surface area (Å²) >= 11 is 1.04. The molecule has 1 heterocycles. The van der Waals surface area contributed by atoms with Gasteiger partial charge in [-0.2, -0.15) is 15.0 Å². The zero-order chi connectivity index (χ0) is 17.5. The van der Waals surface area contributed by atoms with E-state index in [1.807, 2.05) is 60.7 Å². The lowest BCUT2D eigenvalue weighted by atomic mass is 10.3. The molecule has 126 valence electrons. The SMILES string of the molecule is O=C(O)CSc1nc(Nc2ccccc2)nc(Nc2ccccc2)n1. The minimum Gasteiger partial charge on any atom is -0.481 e. The quantitative estimate of drug-likeness (QED) is 0.555. The first-order valence-electron chi connectivity index (χ1n) is 7.44. The molecule has 3 aromatic rings. The first-order chi connectivity index (χ1) is 12.2. The van der Waals surface area contributed by atoms with Crippen LogP contribution in [0.2, 0.25) is 0 Å². The summed E-state index contributed by atoms with van der Waals surface area (Å²) in [5, 5.41) is 15.4. The Hall–Kier alpha value is -3.13. The molecule has 0 amide bonds. The molecule has 0 unspecified atom stereocenters. The highest BCUT2D eigenvalue weighted by molar-refractivity contribution is 7.99. The third-order valence-electron chi connectivity index (χ3n) is 3.00. The summed E-state index contributed by atoms with van der Waals surface area (Å²) in [4.78, 5) is 23.7. The van der Waals surface area contributed by atoms with Gasteiger partial charge in [-0.3, -0.25) is 4.79 Å². The van der Waals surface area contributed by atoms with Gasteiger partial charge in [0.25, 0.3) is 0 Å². The number of thioether (sulfide) groups is 1. The highest BCUT2D eigenvalue weighted by atomic mass is 32.2. The summed E-state index contributed by atoms with van der Waals surface area (Å²) in [6.07, 6.45) is 0. The number of hydrogen-bond acceptors (Lipinski definition) is 7. The molecule has 0 aliphatic heterocycles. The third-order valence-corrected chi connectivity index (χ3v) is 3.83. The van der Waals surface area contributed by atoms with Crippen molar-refractivity contribution in [3.05, 3.63) is 60.7 Å². The molecule has 0 spiro atoms. The predicted molar refractivity (Wildman–Crippen MR) is 97.6 cm³/mol. The summed E-state index contributed by atoms with van der Waals surface area (Å²) in [6, 6.07) is 19.0. The van der Waals surface area contributed by atoms with Gasteiger partial charge in [-0.05, 0) is 24.3 Å². The number of aromatic nitrogens is 3. The molecule has 0 fully saturated rings. The van der Waals surface area contributed by atoms with Crippen LogP contribution < -0.4 is 10.6 Å². The van der Waals surface area contributed by atoms with Crippen molar-refractivity contribution >= 4 is 41.0 Å². The van der Waals surface area contributed by atoms with Crippen LogP contribution in [0.15, 0.2) is 65.8 Å². The van der Waals surface area contributed by atoms with E-state index in [4.69, 9.17) is 5.11 Å². The number of nitrogens with zero attached hydrogens (tertiary/aromatic N) is 3. The second-order valence-electron chi connectivity index (χ2n) is 4.93. The Morgan fingerprint density at radius 3 is 1.76 bits per heavy atom. The molecule has 0 atom stereocenters. The van der Waals surface area contributed by atoms with Gasteiger partial charge in [0.2, 0.25) is 11.9 Å². The fourth-order valence-corrected chi connectivity index (χ4v) is 2.51. The Morgan fingerprint density at radius 1 is 0.840 bits per heavy atom. The van der Waals surface area contributed by atoms with E-state index in [2.05, 4.69) is 25.6 Å². The number of para-hydroxylation sites is 2. The van der Waals surface area contributed by atoms with E-state index in [-0.39, 0.29) is 5.75 Å². The smallest absolute Gasteiger partial charge is 0.313 e. The standard InChI is InChI=1S/C17H15N5O2S/c23-14(24)11-25-17-21-15(18-12-7-3-1-4-8-12)20-16(22-17)19-13-9-5-2-6-10-13/h1-10H,11H2,(H,23,24)(H2,18,19,20,21,22). The number of benzene rings is 2. The van der Waals surface area contributed by atoms with Crippen LogP contribution in [0.4, 0.5) is 23.3 Å². The van der Waals surface area contributed by atoms with Crippen LogP contribution in [-0.4, -0.2) is 31.8 Å². The first kappa shape index (κ1) is 16.7. The third kappa shape index (κ3) is 5.18. The van der Waals surface area contributed by atoms with Gasteiger partial charge in [-0.1, -0.05) is 48.2 Å². The first-order valence-corrected chi connectivity index (χ1v) is 8.42. The molecular formula is C17H15N5O2S. The zero-order valence-electron chi connectivity index (χ0n) is 13.1. The highest BCUT2D eigenvalue weighted by Gasteiger charge is 2.10. The van der Waals surface area contributed by atoms with Crippen molar-refractivity contribution < 1.29 is 9.90 Å². The highest BCUT2D eigenvalue weighted by Crippen LogP contribution is 2.21. The van der Waals surface area contributed by atoms with Crippen molar-refractivity contribution in [3.8, 4) is 0 Å². The summed E-state index contributed by atoms with van der Waals surface area (Å²) < 4.78 is 0. The van der Waals surface area contributed by atoms with Gasteiger partial charge in [0.05, 0.1) is 5.75 Å². The number of anilines is 4. The van der Waals surface area contributed by atoms with Crippen molar-refractivity contribution in [1.82, 2.24) is 15.0 Å². The minimum atomic E-state index is -0.930. The van der Waals surface area contributed by atoms with Crippen molar-refractivity contribution in [3.63, 3.8) is 0 Å². The van der Waals surface area contributed by atoms with Crippen LogP contribution >= 0.6 is 11.8 Å². The molecule has 2 aromatic carbocycles. The van der Waals surface area contributed by atoms with Gasteiger partial charge < -0.3 is 15.7 Å². The Labute approximate surface area is 148 Å². The van der Waals surface area contributed by atoms with Gasteiger partial charge in [0.15, 0.2) is 5.16 Å². The van der Waals surface area contributed by atoms with Crippen molar-refractivity contribution in [2.75, 3.05) is 16.4 Å². The Morgan fingerprint density at radius 2 is 1.32 bits per heavy atom. The summed E-state index contributed by atoms with van der Waals surface area (Å²) in [5.74, 6) is -0.375. The second-order valence-corrected chi connectivity index (χ2v) is 5.87. The molecule has 25 heavy (non-hydrogen) atoms. The zero-order valence-corrected chi connectivity index (χ0v) is 13.9. The van der Waals surface area contributed by atoms with Crippen molar-refractivity contribution in [2.24, 2.45) is 0 Å². The van der Waals surface area contributed by atoms with Gasteiger partial charge >= 0.3 is 5.97 Å². The van der Waals surface area contributed by atoms with Crippen LogP contribution in [0.5, 0.6) is 0 Å². The number of aliphatic carboxylic acids is 1. The van der Waals surface area contributed by atoms with E-state index >= 15 is 0 Å². The van der Waals surface area contributed by atoms with E-state index in [0.717, 1.165) is 23.1 Å². The van der Waals surface area contributed by atoms with Crippen LogP contribution in [-0.2, 0) is 4.79 Å². The lowest BCUT2D eigenvalue weighted by molar-refractivity contribution is -0.133. The summed E-state index contributed by atoms with van der Waals surface area (Å²) in [5.41, 5.74) is 1.65. The lowest BCUT2D eigenvalue weighted by Gasteiger charge is -2.09. The molecule has 3 N–H and O–H groups in total. The molecular weight excluding hydrogens is 338 g/mol. The largest absolute Gasteiger partial charge is 0.481 e. The number of nitrogens with one attached hydrogen (secondary N) is 2. The predicted octanol–water partition coefficient (Wildman–Crippen LogP) is 3.54. The Bertz CT molecular complexity index is 786. The number of carboxylic acid groups (broad SMARTS) is 1. The molecule has 1 aromatic heterocycles. The van der Waals surface area contributed by atoms with Crippen molar-refractivity contribution in [1.29, 1.82) is 0 Å². The maximum Gasteiger partial charge on any atom is 0.313 e. The molecule has 0 saturated heterocycles. The average Bonchev–Trinajstić information content (AvgIpc) is 2.61. The van der Waals surface area contributed by atoms with Gasteiger partial charge in [0, 0.05) is 11.4 Å². The number of rotatable bonds is 7. The van der Waals surface area contributed by atoms with Crippen LogP contribution in [0, 0.1) is 0 Å². The van der Waals surface area contributed by atoms with E-state index in [9.17, 15) is 4.79 Å². The van der Waals surface area contributed by atoms with Crippen LogP contribution in [0.3, 0.4) is 0 Å². The van der Waals surface area contributed by atoms with Crippen LogP contribution in [0.25, 0.3) is 0 Å². The van der Waals surface area contributed by atoms with E-state index < -0.39 is 5.97 Å². The number of hydrogen-bond donors (Lipinski definition) is 3. The molecule has 3 rings (SSSR count). The van der Waals surface area contributed by atoms with E-state index in [1.165, 1.54) is 0 Å². The van der Waals surface area contributed by atoms with E-state index in [0.29, 0.717) is 17.1 Å². The molecule has 0 aliphatic carbocycles. The topological polar surface area (TPSA) is 100 Å². The molecule has 0 saturated carbocycles. The number of carbonyl (C=O) groups is 1. The fourth-order valence-electron chi connectivity index (χ4n) is 1.96. The molecule has 8 heteroatoms. The monoisotopic (exact) mass is 353 g/mol. The molecule has 0 radical (unpaired) electrons. The van der Waals surface area contributed by atoms with E-state index in [1.54, 1.807) is 0 Å². The fraction of sp³-hybridized carbons (Fsp3) is 0.0588. The summed E-state index contributed by atoms with van der Waals surface area (Å²) in [6.45, 7) is 0. The second kappa shape index (κ2) is 8.11. The number of carboxylic acids is 1. The maximum atomic E-state index is 10.8. The summed E-state index contributed by atoms with van der Waals surface area (Å²) in [7, 11) is 0. The van der Waals surface area contributed by atoms with Gasteiger partial charge in [0.1, 0.15) is 0 Å². The van der Waals surface area contributed by atoms with Crippen LogP contribution in [0.1, 0.15) is 0 Å². The maximum absolute atomic E-state index is 10.8. The molecule has 0 aliphatic rings. The van der Waals surface area contributed by atoms with Gasteiger partial charge in [-0.25, -0.2) is 0 Å². The Kier molecular flexibility index (Phi) is 5.43. The minimum absolute atomic E-state index is 0.125. The average molecular weight is 353 g/mol. The normalized spacial score (nSPS) is 10.2. The molecule has 7 nitrogen and oxygen atoms in total. The van der Waals surface area contributed by atoms with Crippen molar-refractivity contribution in [2.45, 2.75) is 5.16 Å².